The first kappa shape index (κ1) is 14.4. The van der Waals surface area contributed by atoms with E-state index in [1.165, 1.54) is 11.1 Å². The van der Waals surface area contributed by atoms with Crippen LogP contribution in [-0.2, 0) is 6.42 Å². The largest absolute Gasteiger partial charge is 0.382 e. The quantitative estimate of drug-likeness (QED) is 0.781. The summed E-state index contributed by atoms with van der Waals surface area (Å²) in [6, 6.07) is 14.7. The Morgan fingerprint density at radius 2 is 1.84 bits per heavy atom. The topological polar surface area (TPSA) is 12.0 Å². The summed E-state index contributed by atoms with van der Waals surface area (Å²) in [6.45, 7) is 4.27. The lowest BCUT2D eigenvalue weighted by atomic mass is 10.1. The molecule has 1 N–H and O–H groups in total. The standard InChI is InChI=1S/C16H17BrClN/c1-11-3-8-15(18)10-16(11)19-12(2)9-13-4-6-14(17)7-5-13/h3-8,10,12,19H,9H2,1-2H3. The van der Waals surface area contributed by atoms with E-state index in [0.29, 0.717) is 6.04 Å². The van der Waals surface area contributed by atoms with Crippen molar-refractivity contribution < 1.29 is 0 Å². The van der Waals surface area contributed by atoms with Crippen LogP contribution in [-0.4, -0.2) is 6.04 Å². The van der Waals surface area contributed by atoms with Gasteiger partial charge < -0.3 is 5.32 Å². The van der Waals surface area contributed by atoms with Gasteiger partial charge in [-0.2, -0.15) is 0 Å². The molecule has 0 radical (unpaired) electrons. The van der Waals surface area contributed by atoms with Crippen molar-refractivity contribution in [2.24, 2.45) is 0 Å². The minimum atomic E-state index is 0.360. The normalized spacial score (nSPS) is 12.2. The molecule has 19 heavy (non-hydrogen) atoms. The van der Waals surface area contributed by atoms with Crippen molar-refractivity contribution in [2.45, 2.75) is 26.3 Å². The summed E-state index contributed by atoms with van der Waals surface area (Å²) in [6.07, 6.45) is 0.985. The van der Waals surface area contributed by atoms with E-state index in [1.807, 2.05) is 18.2 Å². The second-order valence-electron chi connectivity index (χ2n) is 4.84. The Kier molecular flexibility index (Phi) is 4.89. The highest BCUT2D eigenvalue weighted by Crippen LogP contribution is 2.21. The molecule has 0 aromatic heterocycles. The van der Waals surface area contributed by atoms with Gasteiger partial charge in [0.15, 0.2) is 0 Å². The molecule has 0 fully saturated rings. The van der Waals surface area contributed by atoms with E-state index in [1.54, 1.807) is 0 Å². The third-order valence-corrected chi connectivity index (χ3v) is 3.82. The molecule has 0 aliphatic rings. The predicted octanol–water partition coefficient (Wildman–Crippen LogP) is 5.45. The molecule has 100 valence electrons. The zero-order chi connectivity index (χ0) is 13.8. The van der Waals surface area contributed by atoms with Gasteiger partial charge in [0, 0.05) is 21.2 Å². The second-order valence-corrected chi connectivity index (χ2v) is 6.19. The molecule has 1 atom stereocenters. The number of rotatable bonds is 4. The van der Waals surface area contributed by atoms with Gasteiger partial charge in [-0.1, -0.05) is 45.7 Å². The van der Waals surface area contributed by atoms with Gasteiger partial charge in [0.2, 0.25) is 0 Å². The van der Waals surface area contributed by atoms with E-state index in [2.05, 4.69) is 59.4 Å². The Hall–Kier alpha value is -0.990. The number of hydrogen-bond acceptors (Lipinski definition) is 1. The lowest BCUT2D eigenvalue weighted by Crippen LogP contribution is -2.18. The number of nitrogens with one attached hydrogen (secondary N) is 1. The van der Waals surface area contributed by atoms with Crippen molar-refractivity contribution >= 4 is 33.2 Å². The van der Waals surface area contributed by atoms with Gasteiger partial charge in [0.1, 0.15) is 0 Å². The van der Waals surface area contributed by atoms with Crippen LogP contribution in [0.25, 0.3) is 0 Å². The molecule has 0 saturated carbocycles. The fraction of sp³-hybridized carbons (Fsp3) is 0.250. The van der Waals surface area contributed by atoms with Crippen molar-refractivity contribution in [3.63, 3.8) is 0 Å². The Balaban J connectivity index is 2.02. The van der Waals surface area contributed by atoms with Gasteiger partial charge in [-0.25, -0.2) is 0 Å². The number of hydrogen-bond donors (Lipinski definition) is 1. The molecule has 0 heterocycles. The maximum absolute atomic E-state index is 6.03. The number of benzene rings is 2. The zero-order valence-corrected chi connectivity index (χ0v) is 13.4. The third kappa shape index (κ3) is 4.26. The van der Waals surface area contributed by atoms with Gasteiger partial charge in [-0.05, 0) is 55.7 Å². The van der Waals surface area contributed by atoms with Crippen LogP contribution >= 0.6 is 27.5 Å². The Labute approximate surface area is 128 Å². The second kappa shape index (κ2) is 6.44. The van der Waals surface area contributed by atoms with Crippen molar-refractivity contribution in [1.29, 1.82) is 0 Å². The van der Waals surface area contributed by atoms with Crippen molar-refractivity contribution in [3.8, 4) is 0 Å². The molecule has 1 nitrogen and oxygen atoms in total. The van der Waals surface area contributed by atoms with Crippen LogP contribution in [0, 0.1) is 6.92 Å². The molecule has 2 aromatic rings. The molecule has 0 aliphatic heterocycles. The highest BCUT2D eigenvalue weighted by atomic mass is 79.9. The summed E-state index contributed by atoms with van der Waals surface area (Å²) in [5.41, 5.74) is 3.65. The molecular formula is C16H17BrClN. The van der Waals surface area contributed by atoms with Crippen LogP contribution in [0.2, 0.25) is 5.02 Å². The molecule has 0 saturated heterocycles. The van der Waals surface area contributed by atoms with Gasteiger partial charge in [-0.3, -0.25) is 0 Å². The Morgan fingerprint density at radius 1 is 1.16 bits per heavy atom. The van der Waals surface area contributed by atoms with E-state index in [9.17, 15) is 0 Å². The fourth-order valence-corrected chi connectivity index (χ4v) is 2.48. The maximum Gasteiger partial charge on any atom is 0.0426 e. The molecule has 2 aromatic carbocycles. The molecule has 1 unspecified atom stereocenters. The van der Waals surface area contributed by atoms with E-state index >= 15 is 0 Å². The molecule has 2 rings (SSSR count). The molecule has 3 heteroatoms. The Bertz CT molecular complexity index is 551. The van der Waals surface area contributed by atoms with Crippen LogP contribution in [0.5, 0.6) is 0 Å². The lowest BCUT2D eigenvalue weighted by Gasteiger charge is -2.17. The first-order valence-electron chi connectivity index (χ1n) is 6.32. The van der Waals surface area contributed by atoms with E-state index < -0.39 is 0 Å². The molecular weight excluding hydrogens is 322 g/mol. The SMILES string of the molecule is Cc1ccc(Cl)cc1NC(C)Cc1ccc(Br)cc1. The van der Waals surface area contributed by atoms with Crippen LogP contribution in [0.1, 0.15) is 18.1 Å². The van der Waals surface area contributed by atoms with E-state index in [4.69, 9.17) is 11.6 Å². The average Bonchev–Trinajstić information content (AvgIpc) is 2.37. The minimum Gasteiger partial charge on any atom is -0.382 e. The van der Waals surface area contributed by atoms with Crippen LogP contribution in [0.15, 0.2) is 46.9 Å². The highest BCUT2D eigenvalue weighted by molar-refractivity contribution is 9.10. The number of halogens is 2. The van der Waals surface area contributed by atoms with Crippen LogP contribution in [0.4, 0.5) is 5.69 Å². The van der Waals surface area contributed by atoms with Crippen molar-refractivity contribution in [2.75, 3.05) is 5.32 Å². The number of aryl methyl sites for hydroxylation is 1. The summed E-state index contributed by atoms with van der Waals surface area (Å²) >= 11 is 9.49. The fourth-order valence-electron chi connectivity index (χ4n) is 2.04. The summed E-state index contributed by atoms with van der Waals surface area (Å²) in [4.78, 5) is 0. The van der Waals surface area contributed by atoms with Crippen LogP contribution in [0.3, 0.4) is 0 Å². The molecule has 0 bridgehead atoms. The third-order valence-electron chi connectivity index (χ3n) is 3.06. The van der Waals surface area contributed by atoms with Crippen molar-refractivity contribution in [1.82, 2.24) is 0 Å². The summed E-state index contributed by atoms with van der Waals surface area (Å²) in [5.74, 6) is 0. The summed E-state index contributed by atoms with van der Waals surface area (Å²) in [5, 5.41) is 4.29. The summed E-state index contributed by atoms with van der Waals surface area (Å²) < 4.78 is 1.11. The van der Waals surface area contributed by atoms with Crippen molar-refractivity contribution in [3.05, 3.63) is 63.1 Å². The zero-order valence-electron chi connectivity index (χ0n) is 11.1. The highest BCUT2D eigenvalue weighted by Gasteiger charge is 2.06. The predicted molar refractivity (Wildman–Crippen MR) is 87.1 cm³/mol. The smallest absolute Gasteiger partial charge is 0.0426 e. The van der Waals surface area contributed by atoms with Gasteiger partial charge in [-0.15, -0.1) is 0 Å². The molecule has 0 amide bonds. The first-order chi connectivity index (χ1) is 9.04. The van der Waals surface area contributed by atoms with Crippen LogP contribution < -0.4 is 5.32 Å². The van der Waals surface area contributed by atoms with Gasteiger partial charge in [0.05, 0.1) is 0 Å². The van der Waals surface area contributed by atoms with E-state index in [-0.39, 0.29) is 0 Å². The average molecular weight is 339 g/mol. The first-order valence-corrected chi connectivity index (χ1v) is 7.49. The summed E-state index contributed by atoms with van der Waals surface area (Å²) in [7, 11) is 0. The lowest BCUT2D eigenvalue weighted by molar-refractivity contribution is 0.789. The van der Waals surface area contributed by atoms with Gasteiger partial charge in [0.25, 0.3) is 0 Å². The van der Waals surface area contributed by atoms with E-state index in [0.717, 1.165) is 21.6 Å². The maximum atomic E-state index is 6.03. The van der Waals surface area contributed by atoms with Gasteiger partial charge >= 0.3 is 0 Å². The monoisotopic (exact) mass is 337 g/mol. The number of anilines is 1. The Morgan fingerprint density at radius 3 is 2.53 bits per heavy atom. The molecule has 0 spiro atoms. The molecule has 0 aliphatic carbocycles. The minimum absolute atomic E-state index is 0.360.